The van der Waals surface area contributed by atoms with Crippen LogP contribution in [0.4, 0.5) is 11.4 Å². The fourth-order valence-corrected chi connectivity index (χ4v) is 5.65. The fraction of sp³-hybridized carbons (Fsp3) is 0.143. The van der Waals surface area contributed by atoms with Gasteiger partial charge in [-0.1, -0.05) is 6.07 Å². The summed E-state index contributed by atoms with van der Waals surface area (Å²) in [5.41, 5.74) is 2.72. The highest BCUT2D eigenvalue weighted by atomic mass is 32.2. The number of amides is 1. The number of thiophene rings is 1. The molecule has 160 valence electrons. The van der Waals surface area contributed by atoms with E-state index in [4.69, 9.17) is 0 Å². The van der Waals surface area contributed by atoms with Gasteiger partial charge in [-0.15, -0.1) is 11.3 Å². The SMILES string of the molecule is CN(c1ccc(C(=O)Nc2ccc3c(c2)n(C)c(=O)n3C)cc1)S(=O)(=O)c1cccs1. The molecule has 0 aliphatic rings. The number of nitrogens with zero attached hydrogens (tertiary/aromatic N) is 3. The van der Waals surface area contributed by atoms with E-state index in [0.717, 1.165) is 16.9 Å². The van der Waals surface area contributed by atoms with Crippen molar-refractivity contribution in [3.8, 4) is 0 Å². The number of nitrogens with one attached hydrogen (secondary N) is 1. The summed E-state index contributed by atoms with van der Waals surface area (Å²) in [6, 6.07) is 14.8. The Morgan fingerprint density at radius 2 is 1.68 bits per heavy atom. The fourth-order valence-electron chi connectivity index (χ4n) is 3.29. The minimum Gasteiger partial charge on any atom is -0.322 e. The number of hydrogen-bond donors (Lipinski definition) is 1. The second-order valence-electron chi connectivity index (χ2n) is 7.01. The van der Waals surface area contributed by atoms with E-state index in [1.165, 1.54) is 15.9 Å². The van der Waals surface area contributed by atoms with Gasteiger partial charge >= 0.3 is 5.69 Å². The van der Waals surface area contributed by atoms with Gasteiger partial charge in [0.25, 0.3) is 15.9 Å². The van der Waals surface area contributed by atoms with Gasteiger partial charge in [-0.3, -0.25) is 18.2 Å². The zero-order valence-electron chi connectivity index (χ0n) is 17.1. The molecule has 4 rings (SSSR count). The quantitative estimate of drug-likeness (QED) is 0.500. The highest BCUT2D eigenvalue weighted by molar-refractivity contribution is 7.94. The summed E-state index contributed by atoms with van der Waals surface area (Å²) >= 11 is 1.15. The Morgan fingerprint density at radius 3 is 2.32 bits per heavy atom. The second kappa shape index (κ2) is 7.71. The molecule has 0 bridgehead atoms. The summed E-state index contributed by atoms with van der Waals surface area (Å²) < 4.78 is 29.8. The predicted octanol–water partition coefficient (Wildman–Crippen LogP) is 3.02. The molecule has 0 fully saturated rings. The highest BCUT2D eigenvalue weighted by Crippen LogP contribution is 2.25. The van der Waals surface area contributed by atoms with Crippen LogP contribution in [0.2, 0.25) is 0 Å². The normalized spacial score (nSPS) is 11.6. The lowest BCUT2D eigenvalue weighted by molar-refractivity contribution is 0.102. The summed E-state index contributed by atoms with van der Waals surface area (Å²) in [7, 11) is 1.21. The van der Waals surface area contributed by atoms with Crippen molar-refractivity contribution in [3.63, 3.8) is 0 Å². The zero-order valence-corrected chi connectivity index (χ0v) is 18.7. The topological polar surface area (TPSA) is 93.4 Å². The van der Waals surface area contributed by atoms with Crippen LogP contribution < -0.4 is 15.3 Å². The molecule has 2 aromatic carbocycles. The Hall–Kier alpha value is -3.37. The van der Waals surface area contributed by atoms with E-state index in [0.29, 0.717) is 22.5 Å². The summed E-state index contributed by atoms with van der Waals surface area (Å²) in [5, 5.41) is 4.52. The van der Waals surface area contributed by atoms with Gasteiger partial charge in [0.2, 0.25) is 0 Å². The summed E-state index contributed by atoms with van der Waals surface area (Å²) in [6.07, 6.45) is 0. The first kappa shape index (κ1) is 20.9. The number of aromatic nitrogens is 2. The van der Waals surface area contributed by atoms with Crippen molar-refractivity contribution in [2.75, 3.05) is 16.7 Å². The second-order valence-corrected chi connectivity index (χ2v) is 10.2. The molecule has 8 nitrogen and oxygen atoms in total. The van der Waals surface area contributed by atoms with Gasteiger partial charge in [0.05, 0.1) is 16.7 Å². The van der Waals surface area contributed by atoms with Gasteiger partial charge in [0, 0.05) is 32.4 Å². The van der Waals surface area contributed by atoms with Crippen LogP contribution in [0.25, 0.3) is 11.0 Å². The molecule has 0 saturated heterocycles. The maximum Gasteiger partial charge on any atom is 0.328 e. The van der Waals surface area contributed by atoms with Crippen molar-refractivity contribution in [2.45, 2.75) is 4.21 Å². The summed E-state index contributed by atoms with van der Waals surface area (Å²) in [6.45, 7) is 0. The largest absolute Gasteiger partial charge is 0.328 e. The van der Waals surface area contributed by atoms with Crippen LogP contribution in [0.5, 0.6) is 0 Å². The smallest absolute Gasteiger partial charge is 0.322 e. The molecule has 2 heterocycles. The molecule has 4 aromatic rings. The number of imidazole rings is 1. The maximum atomic E-state index is 12.7. The first-order chi connectivity index (χ1) is 14.7. The van der Waals surface area contributed by atoms with Crippen LogP contribution in [-0.2, 0) is 24.1 Å². The number of fused-ring (bicyclic) bond motifs is 1. The Labute approximate surface area is 183 Å². The number of carbonyl (C=O) groups is 1. The first-order valence-corrected chi connectivity index (χ1v) is 11.6. The average Bonchev–Trinajstić information content (AvgIpc) is 3.39. The van der Waals surface area contributed by atoms with Crippen molar-refractivity contribution in [2.24, 2.45) is 14.1 Å². The molecular formula is C21H20N4O4S2. The minimum absolute atomic E-state index is 0.143. The number of sulfonamides is 1. The zero-order chi connectivity index (χ0) is 22.3. The molecule has 1 amide bonds. The Morgan fingerprint density at radius 1 is 1.00 bits per heavy atom. The van der Waals surface area contributed by atoms with Crippen LogP contribution in [-0.4, -0.2) is 30.5 Å². The molecule has 0 aliphatic carbocycles. The van der Waals surface area contributed by atoms with Crippen LogP contribution in [0.3, 0.4) is 0 Å². The van der Waals surface area contributed by atoms with E-state index in [1.54, 1.807) is 78.6 Å². The lowest BCUT2D eigenvalue weighted by atomic mass is 10.2. The number of benzene rings is 2. The van der Waals surface area contributed by atoms with Gasteiger partial charge in [0.1, 0.15) is 4.21 Å². The maximum absolute atomic E-state index is 12.7. The standard InChI is InChI=1S/C21H20N4O4S2/c1-23-17-11-8-15(13-18(17)24(2)21(23)27)22-20(26)14-6-9-16(10-7-14)25(3)31(28,29)19-5-4-12-30-19/h4-13H,1-3H3,(H,22,26). The van der Waals surface area contributed by atoms with Crippen molar-refractivity contribution in [3.05, 3.63) is 76.0 Å². The monoisotopic (exact) mass is 456 g/mol. The molecule has 31 heavy (non-hydrogen) atoms. The van der Waals surface area contributed by atoms with Gasteiger partial charge in [-0.05, 0) is 53.9 Å². The van der Waals surface area contributed by atoms with E-state index >= 15 is 0 Å². The molecule has 10 heteroatoms. The molecule has 0 saturated carbocycles. The molecule has 0 aliphatic heterocycles. The number of hydrogen-bond acceptors (Lipinski definition) is 5. The molecule has 0 spiro atoms. The van der Waals surface area contributed by atoms with Gasteiger partial charge in [-0.2, -0.15) is 0 Å². The van der Waals surface area contributed by atoms with Gasteiger partial charge in [-0.25, -0.2) is 13.2 Å². The molecule has 1 N–H and O–H groups in total. The van der Waals surface area contributed by atoms with Crippen LogP contribution in [0.15, 0.2) is 69.0 Å². The molecular weight excluding hydrogens is 436 g/mol. The molecule has 0 atom stereocenters. The number of anilines is 2. The van der Waals surface area contributed by atoms with Gasteiger partial charge < -0.3 is 5.32 Å². The third-order valence-corrected chi connectivity index (χ3v) is 8.29. The Bertz CT molecular complexity index is 1430. The third-order valence-electron chi connectivity index (χ3n) is 5.13. The van der Waals surface area contributed by atoms with Crippen LogP contribution in [0.1, 0.15) is 10.4 Å². The van der Waals surface area contributed by atoms with Crippen LogP contribution in [0, 0.1) is 0 Å². The number of aryl methyl sites for hydroxylation is 2. The lowest BCUT2D eigenvalue weighted by Gasteiger charge is -2.18. The molecule has 2 aromatic heterocycles. The summed E-state index contributed by atoms with van der Waals surface area (Å²) in [4.78, 5) is 24.7. The predicted molar refractivity (Wildman–Crippen MR) is 122 cm³/mol. The van der Waals surface area contributed by atoms with Crippen molar-refractivity contribution in [1.29, 1.82) is 0 Å². The summed E-state index contributed by atoms with van der Waals surface area (Å²) in [5.74, 6) is -0.337. The first-order valence-electron chi connectivity index (χ1n) is 9.29. The number of carbonyl (C=O) groups excluding carboxylic acids is 1. The average molecular weight is 457 g/mol. The van der Waals surface area contributed by atoms with E-state index in [1.807, 2.05) is 0 Å². The van der Waals surface area contributed by atoms with Crippen LogP contribution >= 0.6 is 11.3 Å². The van der Waals surface area contributed by atoms with Crippen molar-refractivity contribution < 1.29 is 13.2 Å². The van der Waals surface area contributed by atoms with Gasteiger partial charge in [0.15, 0.2) is 0 Å². The van der Waals surface area contributed by atoms with E-state index in [-0.39, 0.29) is 15.8 Å². The molecule has 0 unspecified atom stereocenters. The Kier molecular flexibility index (Phi) is 5.19. The Balaban J connectivity index is 1.54. The minimum atomic E-state index is -3.64. The van der Waals surface area contributed by atoms with Crippen molar-refractivity contribution >= 4 is 49.7 Å². The highest BCUT2D eigenvalue weighted by Gasteiger charge is 2.22. The van der Waals surface area contributed by atoms with Crippen molar-refractivity contribution in [1.82, 2.24) is 9.13 Å². The number of rotatable bonds is 5. The van der Waals surface area contributed by atoms with E-state index < -0.39 is 10.0 Å². The van der Waals surface area contributed by atoms with E-state index in [9.17, 15) is 18.0 Å². The molecule has 0 radical (unpaired) electrons. The van der Waals surface area contributed by atoms with E-state index in [2.05, 4.69) is 5.32 Å². The third kappa shape index (κ3) is 3.64. The lowest BCUT2D eigenvalue weighted by Crippen LogP contribution is -2.25.